The summed E-state index contributed by atoms with van der Waals surface area (Å²) in [6, 6.07) is 10.1. The molecule has 34 heavy (non-hydrogen) atoms. The Bertz CT molecular complexity index is 1360. The van der Waals surface area contributed by atoms with Gasteiger partial charge in [-0.2, -0.15) is 10.4 Å². The Labute approximate surface area is 200 Å². The molecule has 172 valence electrons. The first-order chi connectivity index (χ1) is 16.8. The van der Waals surface area contributed by atoms with Crippen LogP contribution in [0.1, 0.15) is 12.0 Å². The van der Waals surface area contributed by atoms with Crippen LogP contribution in [0.2, 0.25) is 0 Å². The first-order valence-electron chi connectivity index (χ1n) is 11.3. The number of nitrogens with zero attached hydrogens (tertiary/aromatic N) is 7. The summed E-state index contributed by atoms with van der Waals surface area (Å²) in [6.07, 6.45) is 4.38. The van der Waals surface area contributed by atoms with E-state index in [0.29, 0.717) is 12.2 Å². The molecule has 4 aromatic rings. The van der Waals surface area contributed by atoms with Crippen molar-refractivity contribution in [1.29, 1.82) is 5.26 Å². The van der Waals surface area contributed by atoms with Crippen molar-refractivity contribution in [1.82, 2.24) is 30.1 Å². The quantitative estimate of drug-likeness (QED) is 0.451. The third-order valence-electron chi connectivity index (χ3n) is 6.12. The molecule has 0 radical (unpaired) electrons. The van der Waals surface area contributed by atoms with Gasteiger partial charge in [-0.3, -0.25) is 4.98 Å². The Morgan fingerprint density at radius 2 is 2.09 bits per heavy atom. The number of rotatable bonds is 5. The van der Waals surface area contributed by atoms with E-state index in [1.807, 2.05) is 30.5 Å². The lowest BCUT2D eigenvalue weighted by Gasteiger charge is -2.26. The monoisotopic (exact) mass is 473 g/mol. The van der Waals surface area contributed by atoms with E-state index in [1.165, 1.54) is 0 Å². The molecule has 0 amide bonds. The number of aromatic nitrogens is 5. The van der Waals surface area contributed by atoms with E-state index in [0.717, 1.165) is 77.5 Å². The number of pyridine rings is 1. The van der Waals surface area contributed by atoms with Crippen molar-refractivity contribution in [2.24, 2.45) is 0 Å². The largest absolute Gasteiger partial charge is 0.379 e. The van der Waals surface area contributed by atoms with Gasteiger partial charge in [0.1, 0.15) is 6.07 Å². The molecule has 0 saturated carbocycles. The van der Waals surface area contributed by atoms with Gasteiger partial charge in [0, 0.05) is 44.7 Å². The first kappa shape index (κ1) is 21.0. The molecule has 2 aliphatic heterocycles. The number of nitriles is 1. The molecule has 1 atom stereocenters. The van der Waals surface area contributed by atoms with Crippen LogP contribution >= 0.6 is 11.3 Å². The molecule has 2 fully saturated rings. The molecule has 6 rings (SSSR count). The minimum Gasteiger partial charge on any atom is -0.379 e. The van der Waals surface area contributed by atoms with Gasteiger partial charge in [-0.05, 0) is 30.7 Å². The minimum atomic E-state index is 0.231. The van der Waals surface area contributed by atoms with E-state index in [2.05, 4.69) is 36.9 Å². The zero-order valence-electron chi connectivity index (χ0n) is 18.4. The molecular formula is C23H23N9OS. The number of ether oxygens (including phenoxy) is 1. The van der Waals surface area contributed by atoms with Crippen LogP contribution in [0.3, 0.4) is 0 Å². The van der Waals surface area contributed by atoms with Gasteiger partial charge in [0.05, 0.1) is 46.9 Å². The van der Waals surface area contributed by atoms with Gasteiger partial charge in [0.2, 0.25) is 5.13 Å². The smallest absolute Gasteiger partial charge is 0.208 e. The summed E-state index contributed by atoms with van der Waals surface area (Å²) in [7, 11) is 0. The molecule has 2 saturated heterocycles. The van der Waals surface area contributed by atoms with Crippen molar-refractivity contribution in [3.63, 3.8) is 0 Å². The van der Waals surface area contributed by atoms with Gasteiger partial charge < -0.3 is 20.3 Å². The Morgan fingerprint density at radius 1 is 1.18 bits per heavy atom. The fourth-order valence-electron chi connectivity index (χ4n) is 4.32. The van der Waals surface area contributed by atoms with E-state index >= 15 is 0 Å². The molecule has 0 unspecified atom stereocenters. The summed E-state index contributed by atoms with van der Waals surface area (Å²) in [4.78, 5) is 7.03. The standard InChI is InChI=1S/C23H23N9OS/c24-11-15-9-17-1-2-21(32(17)27-12-15)20-10-19(28-16-3-8-33-14-16)18(13-26-20)22-29-30-23(34-22)31-6-4-25-5-7-31/h1-2,9-10,12-13,16,25H,3-8,14H2,(H,26,28)/t16-/m0/s1. The summed E-state index contributed by atoms with van der Waals surface area (Å²) in [5, 5.41) is 31.4. The van der Waals surface area contributed by atoms with Crippen molar-refractivity contribution >= 4 is 27.7 Å². The second-order valence-electron chi connectivity index (χ2n) is 8.36. The number of anilines is 2. The molecule has 10 nitrogen and oxygen atoms in total. The van der Waals surface area contributed by atoms with Crippen LogP contribution in [-0.2, 0) is 4.74 Å². The second-order valence-corrected chi connectivity index (χ2v) is 9.31. The Hall–Kier alpha value is -3.59. The molecule has 11 heteroatoms. The molecule has 0 aromatic carbocycles. The van der Waals surface area contributed by atoms with Gasteiger partial charge in [0.15, 0.2) is 5.01 Å². The van der Waals surface area contributed by atoms with Crippen molar-refractivity contribution in [2.45, 2.75) is 12.5 Å². The lowest BCUT2D eigenvalue weighted by molar-refractivity contribution is 0.195. The fraction of sp³-hybridized carbons (Fsp3) is 0.348. The Balaban J connectivity index is 1.38. The third-order valence-corrected chi connectivity index (χ3v) is 7.13. The number of hydrogen-bond acceptors (Lipinski definition) is 10. The van der Waals surface area contributed by atoms with Crippen molar-refractivity contribution in [3.8, 4) is 28.0 Å². The lowest BCUT2D eigenvalue weighted by Crippen LogP contribution is -2.43. The van der Waals surface area contributed by atoms with Crippen LogP contribution in [0.25, 0.3) is 27.5 Å². The minimum absolute atomic E-state index is 0.231. The zero-order chi connectivity index (χ0) is 22.9. The number of nitrogens with one attached hydrogen (secondary N) is 2. The third kappa shape index (κ3) is 3.96. The molecule has 0 bridgehead atoms. The molecule has 2 N–H and O–H groups in total. The van der Waals surface area contributed by atoms with Crippen LogP contribution < -0.4 is 15.5 Å². The molecular weight excluding hydrogens is 450 g/mol. The molecule has 4 aromatic heterocycles. The average molecular weight is 474 g/mol. The maximum Gasteiger partial charge on any atom is 0.208 e. The molecule has 0 aliphatic carbocycles. The summed E-state index contributed by atoms with van der Waals surface area (Å²) >= 11 is 1.59. The summed E-state index contributed by atoms with van der Waals surface area (Å²) in [5.74, 6) is 0. The topological polar surface area (TPSA) is 116 Å². The van der Waals surface area contributed by atoms with E-state index in [-0.39, 0.29) is 6.04 Å². The highest BCUT2D eigenvalue weighted by Gasteiger charge is 2.22. The van der Waals surface area contributed by atoms with Crippen molar-refractivity contribution in [2.75, 3.05) is 49.6 Å². The van der Waals surface area contributed by atoms with Crippen LogP contribution in [0.15, 0.2) is 36.7 Å². The fourth-order valence-corrected chi connectivity index (χ4v) is 5.24. The van der Waals surface area contributed by atoms with Crippen LogP contribution in [0, 0.1) is 11.3 Å². The van der Waals surface area contributed by atoms with Gasteiger partial charge >= 0.3 is 0 Å². The first-order valence-corrected chi connectivity index (χ1v) is 12.1. The second kappa shape index (κ2) is 8.98. The number of hydrogen-bond donors (Lipinski definition) is 2. The number of fused-ring (bicyclic) bond motifs is 1. The maximum absolute atomic E-state index is 9.17. The molecule has 0 spiro atoms. The highest BCUT2D eigenvalue weighted by Crippen LogP contribution is 2.36. The van der Waals surface area contributed by atoms with Gasteiger partial charge in [-0.25, -0.2) is 4.52 Å². The predicted octanol–water partition coefficient (Wildman–Crippen LogP) is 2.40. The predicted molar refractivity (Wildman–Crippen MR) is 130 cm³/mol. The van der Waals surface area contributed by atoms with Gasteiger partial charge in [-0.15, -0.1) is 10.2 Å². The Morgan fingerprint density at radius 3 is 2.91 bits per heavy atom. The highest BCUT2D eigenvalue weighted by molar-refractivity contribution is 7.18. The SMILES string of the molecule is N#Cc1cnn2c(-c3cc(N[C@H]4CCOC4)c(-c4nnc(N5CCNCC5)s4)cn3)ccc2c1. The van der Waals surface area contributed by atoms with Gasteiger partial charge in [-0.1, -0.05) is 11.3 Å². The zero-order valence-corrected chi connectivity index (χ0v) is 19.3. The maximum atomic E-state index is 9.17. The van der Waals surface area contributed by atoms with E-state index in [9.17, 15) is 5.26 Å². The van der Waals surface area contributed by atoms with E-state index in [4.69, 9.17) is 9.72 Å². The van der Waals surface area contributed by atoms with Gasteiger partial charge in [0.25, 0.3) is 0 Å². The van der Waals surface area contributed by atoms with E-state index < -0.39 is 0 Å². The lowest BCUT2D eigenvalue weighted by atomic mass is 10.1. The van der Waals surface area contributed by atoms with Crippen LogP contribution in [-0.4, -0.2) is 70.2 Å². The highest BCUT2D eigenvalue weighted by atomic mass is 32.1. The van der Waals surface area contributed by atoms with Crippen LogP contribution in [0.5, 0.6) is 0 Å². The normalized spacial score (nSPS) is 18.3. The number of piperazine rings is 1. The van der Waals surface area contributed by atoms with Crippen molar-refractivity contribution < 1.29 is 4.74 Å². The molecule has 6 heterocycles. The average Bonchev–Trinajstić information content (AvgIpc) is 3.65. The summed E-state index contributed by atoms with van der Waals surface area (Å²) in [6.45, 7) is 5.19. The van der Waals surface area contributed by atoms with Crippen LogP contribution in [0.4, 0.5) is 10.8 Å². The Kier molecular flexibility index (Phi) is 5.54. The summed E-state index contributed by atoms with van der Waals surface area (Å²) in [5.41, 5.74) is 4.90. The summed E-state index contributed by atoms with van der Waals surface area (Å²) < 4.78 is 7.39. The van der Waals surface area contributed by atoms with E-state index in [1.54, 1.807) is 22.0 Å². The molecule has 2 aliphatic rings. The van der Waals surface area contributed by atoms with Crippen molar-refractivity contribution in [3.05, 3.63) is 42.2 Å².